The zero-order valence-corrected chi connectivity index (χ0v) is 13.8. The van der Waals surface area contributed by atoms with E-state index in [-0.39, 0.29) is 10.9 Å². The van der Waals surface area contributed by atoms with Crippen LogP contribution >= 0.6 is 0 Å². The van der Waals surface area contributed by atoms with Crippen LogP contribution in [0.15, 0.2) is 17.3 Å². The van der Waals surface area contributed by atoms with Gasteiger partial charge in [0, 0.05) is 31.4 Å². The van der Waals surface area contributed by atoms with Crippen molar-refractivity contribution in [1.29, 1.82) is 0 Å². The van der Waals surface area contributed by atoms with Gasteiger partial charge in [0.15, 0.2) is 0 Å². The second-order valence-electron chi connectivity index (χ2n) is 5.10. The summed E-state index contributed by atoms with van der Waals surface area (Å²) in [4.78, 5) is 0.220. The van der Waals surface area contributed by atoms with Crippen molar-refractivity contribution in [1.82, 2.24) is 24.3 Å². The fourth-order valence-corrected chi connectivity index (χ4v) is 3.81. The van der Waals surface area contributed by atoms with Crippen LogP contribution in [0.3, 0.4) is 0 Å². The van der Waals surface area contributed by atoms with Gasteiger partial charge in [-0.3, -0.25) is 9.36 Å². The third-order valence-electron chi connectivity index (χ3n) is 3.50. The predicted octanol–water partition coefficient (Wildman–Crippen LogP) is 1.29. The van der Waals surface area contributed by atoms with Crippen LogP contribution in [0.5, 0.6) is 0 Å². The summed E-state index contributed by atoms with van der Waals surface area (Å²) in [6, 6.07) is -0.354. The SMILES string of the molecule is CCn1ncc(S(=O)(=O)NC(C)c2cn(C)nc2C)c1C. The standard InChI is InChI=1S/C13H21N5O2S/c1-6-18-11(4)13(7-14-18)21(19,20)16-10(3)12-8-17(5)15-9(12)2/h7-8,10,16H,6H2,1-5H3. The first-order chi connectivity index (χ1) is 9.76. The Balaban J connectivity index is 2.28. The molecule has 7 nitrogen and oxygen atoms in total. The molecule has 2 aromatic rings. The number of aromatic nitrogens is 4. The first-order valence-corrected chi connectivity index (χ1v) is 8.29. The number of nitrogens with zero attached hydrogens (tertiary/aromatic N) is 4. The first-order valence-electron chi connectivity index (χ1n) is 6.81. The van der Waals surface area contributed by atoms with Crippen LogP contribution in [0.4, 0.5) is 0 Å². The number of sulfonamides is 1. The van der Waals surface area contributed by atoms with E-state index in [0.29, 0.717) is 12.2 Å². The molecule has 0 aliphatic heterocycles. The van der Waals surface area contributed by atoms with Crippen LogP contribution in [-0.4, -0.2) is 28.0 Å². The van der Waals surface area contributed by atoms with Gasteiger partial charge in [-0.15, -0.1) is 0 Å². The molecule has 0 amide bonds. The Morgan fingerprint density at radius 3 is 2.52 bits per heavy atom. The monoisotopic (exact) mass is 311 g/mol. The molecule has 1 N–H and O–H groups in total. The molecular weight excluding hydrogens is 290 g/mol. The lowest BCUT2D eigenvalue weighted by atomic mass is 10.1. The Morgan fingerprint density at radius 2 is 2.05 bits per heavy atom. The molecule has 1 atom stereocenters. The minimum atomic E-state index is -3.61. The highest BCUT2D eigenvalue weighted by Gasteiger charge is 2.24. The quantitative estimate of drug-likeness (QED) is 0.902. The van der Waals surface area contributed by atoms with Crippen molar-refractivity contribution in [3.05, 3.63) is 29.3 Å². The second kappa shape index (κ2) is 5.61. The van der Waals surface area contributed by atoms with Gasteiger partial charge in [0.25, 0.3) is 0 Å². The average Bonchev–Trinajstić information content (AvgIpc) is 2.91. The predicted molar refractivity (Wildman–Crippen MR) is 79.3 cm³/mol. The molecule has 0 saturated heterocycles. The summed E-state index contributed by atoms with van der Waals surface area (Å²) in [5.74, 6) is 0. The largest absolute Gasteiger partial charge is 0.275 e. The van der Waals surface area contributed by atoms with Crippen molar-refractivity contribution in [3.8, 4) is 0 Å². The van der Waals surface area contributed by atoms with Crippen LogP contribution in [-0.2, 0) is 23.6 Å². The van der Waals surface area contributed by atoms with Gasteiger partial charge >= 0.3 is 0 Å². The van der Waals surface area contributed by atoms with E-state index >= 15 is 0 Å². The topological polar surface area (TPSA) is 81.8 Å². The molecule has 0 aliphatic rings. The number of hydrogen-bond donors (Lipinski definition) is 1. The van der Waals surface area contributed by atoms with Gasteiger partial charge in [0.1, 0.15) is 4.90 Å². The normalized spacial score (nSPS) is 13.6. The maximum atomic E-state index is 12.5. The summed E-state index contributed by atoms with van der Waals surface area (Å²) in [7, 11) is -1.79. The van der Waals surface area contributed by atoms with Crippen LogP contribution in [0.1, 0.15) is 36.8 Å². The van der Waals surface area contributed by atoms with Gasteiger partial charge in [0.2, 0.25) is 10.0 Å². The van der Waals surface area contributed by atoms with E-state index in [9.17, 15) is 8.42 Å². The van der Waals surface area contributed by atoms with Crippen molar-refractivity contribution < 1.29 is 8.42 Å². The smallest absolute Gasteiger partial charge is 0.244 e. The van der Waals surface area contributed by atoms with Crippen LogP contribution in [0, 0.1) is 13.8 Å². The van der Waals surface area contributed by atoms with Crippen molar-refractivity contribution >= 4 is 10.0 Å². The lowest BCUT2D eigenvalue weighted by molar-refractivity contribution is 0.564. The third-order valence-corrected chi connectivity index (χ3v) is 5.14. The summed E-state index contributed by atoms with van der Waals surface area (Å²) < 4.78 is 31.0. The number of aryl methyl sites for hydroxylation is 3. The highest BCUT2D eigenvalue weighted by atomic mass is 32.2. The van der Waals surface area contributed by atoms with Crippen molar-refractivity contribution in [2.75, 3.05) is 0 Å². The van der Waals surface area contributed by atoms with Gasteiger partial charge in [0.05, 0.1) is 17.6 Å². The minimum Gasteiger partial charge on any atom is -0.275 e. The van der Waals surface area contributed by atoms with E-state index in [0.717, 1.165) is 11.3 Å². The molecule has 2 heterocycles. The fraction of sp³-hybridized carbons (Fsp3) is 0.538. The molecule has 2 aromatic heterocycles. The van der Waals surface area contributed by atoms with Crippen molar-refractivity contribution in [2.45, 2.75) is 45.2 Å². The molecule has 0 radical (unpaired) electrons. The molecule has 21 heavy (non-hydrogen) atoms. The first kappa shape index (κ1) is 15.7. The molecule has 0 spiro atoms. The molecule has 1 unspecified atom stereocenters. The van der Waals surface area contributed by atoms with Gasteiger partial charge in [-0.1, -0.05) is 0 Å². The molecule has 0 fully saturated rings. The van der Waals surface area contributed by atoms with Crippen LogP contribution < -0.4 is 4.72 Å². The van der Waals surface area contributed by atoms with E-state index in [1.807, 2.05) is 27.1 Å². The summed E-state index contributed by atoms with van der Waals surface area (Å²) in [5.41, 5.74) is 2.32. The molecule has 116 valence electrons. The molecule has 0 aliphatic carbocycles. The van der Waals surface area contributed by atoms with Crippen molar-refractivity contribution in [2.24, 2.45) is 7.05 Å². The zero-order valence-electron chi connectivity index (χ0n) is 13.0. The Kier molecular flexibility index (Phi) is 4.20. The number of rotatable bonds is 5. The maximum Gasteiger partial charge on any atom is 0.244 e. The van der Waals surface area contributed by atoms with Crippen LogP contribution in [0.2, 0.25) is 0 Å². The Hall–Kier alpha value is -1.67. The highest BCUT2D eigenvalue weighted by Crippen LogP contribution is 2.20. The van der Waals surface area contributed by atoms with Crippen molar-refractivity contribution in [3.63, 3.8) is 0 Å². The van der Waals surface area contributed by atoms with E-state index < -0.39 is 10.0 Å². The maximum absolute atomic E-state index is 12.5. The third kappa shape index (κ3) is 3.01. The highest BCUT2D eigenvalue weighted by molar-refractivity contribution is 7.89. The summed E-state index contributed by atoms with van der Waals surface area (Å²) in [6.45, 7) is 7.98. The zero-order chi connectivity index (χ0) is 15.8. The summed E-state index contributed by atoms with van der Waals surface area (Å²) in [5, 5.41) is 8.32. The van der Waals surface area contributed by atoms with Gasteiger partial charge in [-0.25, -0.2) is 13.1 Å². The second-order valence-corrected chi connectivity index (χ2v) is 6.78. The minimum absolute atomic E-state index is 0.220. The van der Waals surface area contributed by atoms with E-state index in [1.54, 1.807) is 23.2 Å². The summed E-state index contributed by atoms with van der Waals surface area (Å²) >= 11 is 0. The molecule has 0 bridgehead atoms. The fourth-order valence-electron chi connectivity index (χ4n) is 2.41. The molecule has 8 heteroatoms. The van der Waals surface area contributed by atoms with Gasteiger partial charge < -0.3 is 0 Å². The molecule has 0 aromatic carbocycles. The van der Waals surface area contributed by atoms with Crippen LogP contribution in [0.25, 0.3) is 0 Å². The van der Waals surface area contributed by atoms with E-state index in [2.05, 4.69) is 14.9 Å². The number of nitrogens with one attached hydrogen (secondary N) is 1. The lowest BCUT2D eigenvalue weighted by Crippen LogP contribution is -2.27. The molecular formula is C13H21N5O2S. The molecule has 0 saturated carbocycles. The Labute approximate surface area is 125 Å². The average molecular weight is 311 g/mol. The van der Waals surface area contributed by atoms with E-state index in [4.69, 9.17) is 0 Å². The lowest BCUT2D eigenvalue weighted by Gasteiger charge is -2.13. The van der Waals surface area contributed by atoms with Gasteiger partial charge in [-0.05, 0) is 27.7 Å². The number of hydrogen-bond acceptors (Lipinski definition) is 4. The summed E-state index contributed by atoms with van der Waals surface area (Å²) in [6.07, 6.45) is 3.22. The Bertz CT molecular complexity index is 745. The molecule has 2 rings (SSSR count). The van der Waals surface area contributed by atoms with Gasteiger partial charge in [-0.2, -0.15) is 10.2 Å². The Morgan fingerprint density at radius 1 is 1.38 bits per heavy atom. The van der Waals surface area contributed by atoms with E-state index in [1.165, 1.54) is 6.20 Å².